The summed E-state index contributed by atoms with van der Waals surface area (Å²) in [6.45, 7) is 2.69. The molecule has 6 nitrogen and oxygen atoms in total. The third-order valence-corrected chi connectivity index (χ3v) is 9.41. The first-order valence-electron chi connectivity index (χ1n) is 12.9. The molecule has 0 radical (unpaired) electrons. The van der Waals surface area contributed by atoms with Crippen molar-refractivity contribution in [1.82, 2.24) is 9.88 Å². The summed E-state index contributed by atoms with van der Waals surface area (Å²) in [5, 5.41) is 22.9. The number of fused-ring (bicyclic) bond motifs is 1. The Morgan fingerprint density at radius 2 is 1.95 bits per heavy atom. The highest BCUT2D eigenvalue weighted by molar-refractivity contribution is 7.99. The Labute approximate surface area is 238 Å². The minimum atomic E-state index is -0.828. The summed E-state index contributed by atoms with van der Waals surface area (Å²) < 4.78 is 5.36. The molecule has 9 heteroatoms. The molecule has 1 fully saturated rings. The number of carboxylic acids is 1. The molecule has 2 heterocycles. The predicted octanol–water partition coefficient (Wildman–Crippen LogP) is 7.10. The largest absolute Gasteiger partial charge is 0.497 e. The fraction of sp³-hybridized carbons (Fsp3) is 0.448. The number of hydrogen-bond donors (Lipinski definition) is 2. The number of piperidine rings is 1. The quantitative estimate of drug-likeness (QED) is 0.175. The van der Waals surface area contributed by atoms with Gasteiger partial charge in [-0.1, -0.05) is 35.3 Å². The topological polar surface area (TPSA) is 82.9 Å². The van der Waals surface area contributed by atoms with Gasteiger partial charge in [-0.3, -0.25) is 9.78 Å². The molecule has 0 saturated carbocycles. The Hall–Kier alpha value is -2.03. The van der Waals surface area contributed by atoms with E-state index in [1.54, 1.807) is 25.1 Å². The van der Waals surface area contributed by atoms with Crippen LogP contribution in [0.25, 0.3) is 10.9 Å². The van der Waals surface area contributed by atoms with Crippen LogP contribution in [0.5, 0.6) is 5.75 Å². The molecule has 1 aliphatic heterocycles. The molecule has 0 aliphatic carbocycles. The lowest BCUT2D eigenvalue weighted by Gasteiger charge is -2.41. The van der Waals surface area contributed by atoms with Crippen molar-refractivity contribution in [2.45, 2.75) is 49.5 Å². The lowest BCUT2D eigenvalue weighted by atomic mass is 9.71. The number of carboxylic acid groups (broad SMARTS) is 1. The van der Waals surface area contributed by atoms with Gasteiger partial charge in [0.25, 0.3) is 0 Å². The molecule has 0 amide bonds. The lowest BCUT2D eigenvalue weighted by molar-refractivity contribution is -0.141. The zero-order chi connectivity index (χ0) is 27.1. The van der Waals surface area contributed by atoms with Crippen molar-refractivity contribution in [3.05, 3.63) is 64.3 Å². The highest BCUT2D eigenvalue weighted by Gasteiger charge is 2.37. The van der Waals surface area contributed by atoms with Crippen molar-refractivity contribution < 1.29 is 19.7 Å². The molecule has 1 aromatic heterocycles. The van der Waals surface area contributed by atoms with Crippen LogP contribution in [0, 0.1) is 5.41 Å². The number of carbonyl (C=O) groups is 1. The second-order valence-corrected chi connectivity index (χ2v) is 12.0. The first kappa shape index (κ1) is 29.0. The number of methoxy groups -OCH3 is 1. The van der Waals surface area contributed by atoms with E-state index >= 15 is 0 Å². The standard InChI is InChI=1S/C29H34Cl2N2O4S/c1-37-20-7-8-24-21(17-20)28(23(31)19-32-24)25(34)9-10-29(18-27(35)36)11-14-33(15-12-29)13-4-16-38-26-6-3-2-5-22(26)30/h2-3,5-8,17,19,25,34H,4,9-16,18H2,1H3,(H,35,36). The van der Waals surface area contributed by atoms with E-state index in [-0.39, 0.29) is 11.8 Å². The van der Waals surface area contributed by atoms with Crippen molar-refractivity contribution in [3.63, 3.8) is 0 Å². The molecule has 1 saturated heterocycles. The molecule has 0 bridgehead atoms. The summed E-state index contributed by atoms with van der Waals surface area (Å²) in [4.78, 5) is 19.7. The number of pyridine rings is 1. The van der Waals surface area contributed by atoms with E-state index in [1.807, 2.05) is 42.5 Å². The third kappa shape index (κ3) is 7.33. The van der Waals surface area contributed by atoms with E-state index < -0.39 is 12.1 Å². The zero-order valence-corrected chi connectivity index (χ0v) is 23.9. The molecule has 2 aromatic carbocycles. The fourth-order valence-corrected chi connectivity index (χ4v) is 6.79. The van der Waals surface area contributed by atoms with Crippen LogP contribution in [0.1, 0.15) is 50.2 Å². The Morgan fingerprint density at radius 3 is 2.66 bits per heavy atom. The molecule has 0 spiro atoms. The summed E-state index contributed by atoms with van der Waals surface area (Å²) in [6.07, 6.45) is 4.51. The van der Waals surface area contributed by atoms with Gasteiger partial charge in [0, 0.05) is 22.0 Å². The summed E-state index contributed by atoms with van der Waals surface area (Å²) in [6, 6.07) is 13.4. The molecule has 1 atom stereocenters. The zero-order valence-electron chi connectivity index (χ0n) is 21.5. The third-order valence-electron chi connectivity index (χ3n) is 7.51. The van der Waals surface area contributed by atoms with Crippen LogP contribution in [-0.2, 0) is 4.79 Å². The maximum absolute atomic E-state index is 11.8. The van der Waals surface area contributed by atoms with Gasteiger partial charge in [0.2, 0.25) is 0 Å². The summed E-state index contributed by atoms with van der Waals surface area (Å²) >= 11 is 14.5. The molecule has 2 N–H and O–H groups in total. The van der Waals surface area contributed by atoms with E-state index in [2.05, 4.69) is 9.88 Å². The van der Waals surface area contributed by atoms with Gasteiger partial charge in [-0.15, -0.1) is 11.8 Å². The Bertz CT molecular complexity index is 1250. The number of benzene rings is 2. The van der Waals surface area contributed by atoms with Crippen LogP contribution in [0.3, 0.4) is 0 Å². The first-order chi connectivity index (χ1) is 18.3. The SMILES string of the molecule is COc1ccc2ncc(Cl)c(C(O)CCC3(CC(=O)O)CCN(CCCSc4ccccc4Cl)CC3)c2c1. The van der Waals surface area contributed by atoms with Crippen LogP contribution >= 0.6 is 35.0 Å². The number of ether oxygens (including phenoxy) is 1. The van der Waals surface area contributed by atoms with Crippen molar-refractivity contribution in [2.75, 3.05) is 32.5 Å². The number of rotatable bonds is 12. The smallest absolute Gasteiger partial charge is 0.303 e. The van der Waals surface area contributed by atoms with Gasteiger partial charge in [-0.05, 0) is 93.2 Å². The van der Waals surface area contributed by atoms with Gasteiger partial charge in [0.15, 0.2) is 0 Å². The van der Waals surface area contributed by atoms with Gasteiger partial charge in [0.05, 0.1) is 35.2 Å². The van der Waals surface area contributed by atoms with E-state index in [4.69, 9.17) is 27.9 Å². The summed E-state index contributed by atoms with van der Waals surface area (Å²) in [7, 11) is 1.59. The van der Waals surface area contributed by atoms with Crippen molar-refractivity contribution in [1.29, 1.82) is 0 Å². The van der Waals surface area contributed by atoms with Gasteiger partial charge >= 0.3 is 5.97 Å². The van der Waals surface area contributed by atoms with Gasteiger partial charge in [-0.25, -0.2) is 0 Å². The van der Waals surface area contributed by atoms with Gasteiger partial charge in [0.1, 0.15) is 5.75 Å². The number of aliphatic hydroxyl groups is 1. The van der Waals surface area contributed by atoms with Crippen LogP contribution in [0.15, 0.2) is 53.6 Å². The molecule has 204 valence electrons. The number of likely N-dealkylation sites (tertiary alicyclic amines) is 1. The monoisotopic (exact) mass is 576 g/mol. The number of aliphatic hydroxyl groups excluding tert-OH is 1. The minimum absolute atomic E-state index is 0.106. The van der Waals surface area contributed by atoms with E-state index in [0.29, 0.717) is 29.2 Å². The van der Waals surface area contributed by atoms with Crippen molar-refractivity contribution >= 4 is 51.8 Å². The molecule has 4 rings (SSSR count). The first-order valence-corrected chi connectivity index (χ1v) is 14.7. The number of aliphatic carboxylic acids is 1. The number of thioether (sulfide) groups is 1. The molecule has 1 unspecified atom stereocenters. The van der Waals surface area contributed by atoms with Crippen LogP contribution in [-0.4, -0.2) is 58.6 Å². The minimum Gasteiger partial charge on any atom is -0.497 e. The summed E-state index contributed by atoms with van der Waals surface area (Å²) in [5.74, 6) is 0.856. The molecule has 3 aromatic rings. The van der Waals surface area contributed by atoms with E-state index in [1.165, 1.54) is 0 Å². The Morgan fingerprint density at radius 1 is 1.18 bits per heavy atom. The normalized spacial score (nSPS) is 16.4. The van der Waals surface area contributed by atoms with Crippen molar-refractivity contribution in [2.24, 2.45) is 5.41 Å². The molecular formula is C29H34Cl2N2O4S. The van der Waals surface area contributed by atoms with Crippen LogP contribution in [0.2, 0.25) is 10.0 Å². The fourth-order valence-electron chi connectivity index (χ4n) is 5.34. The van der Waals surface area contributed by atoms with Gasteiger partial charge < -0.3 is 19.8 Å². The second kappa shape index (κ2) is 13.4. The lowest BCUT2D eigenvalue weighted by Crippen LogP contribution is -2.41. The number of hydrogen-bond acceptors (Lipinski definition) is 6. The Balaban J connectivity index is 1.35. The second-order valence-electron chi connectivity index (χ2n) is 10.0. The molecule has 38 heavy (non-hydrogen) atoms. The highest BCUT2D eigenvalue weighted by atomic mass is 35.5. The molecular weight excluding hydrogens is 543 g/mol. The van der Waals surface area contributed by atoms with Crippen LogP contribution in [0.4, 0.5) is 0 Å². The number of halogens is 2. The highest BCUT2D eigenvalue weighted by Crippen LogP contribution is 2.43. The van der Waals surface area contributed by atoms with Crippen LogP contribution < -0.4 is 4.74 Å². The maximum atomic E-state index is 11.8. The number of aromatic nitrogens is 1. The Kier molecular flexibility index (Phi) is 10.2. The predicted molar refractivity (Wildman–Crippen MR) is 155 cm³/mol. The van der Waals surface area contributed by atoms with E-state index in [0.717, 1.165) is 65.5 Å². The maximum Gasteiger partial charge on any atom is 0.303 e. The number of nitrogens with zero attached hydrogens (tertiary/aromatic N) is 2. The molecule has 1 aliphatic rings. The van der Waals surface area contributed by atoms with E-state index in [9.17, 15) is 15.0 Å². The van der Waals surface area contributed by atoms with Crippen molar-refractivity contribution in [3.8, 4) is 5.75 Å². The average molecular weight is 578 g/mol. The van der Waals surface area contributed by atoms with Gasteiger partial charge in [-0.2, -0.15) is 0 Å². The average Bonchev–Trinajstić information content (AvgIpc) is 2.91. The summed E-state index contributed by atoms with van der Waals surface area (Å²) in [5.41, 5.74) is 1.00.